The third kappa shape index (κ3) is 5.77. The number of piperazine rings is 1. The maximum absolute atomic E-state index is 13.5. The molecule has 0 saturated carbocycles. The minimum absolute atomic E-state index is 0.170. The first-order valence-electron chi connectivity index (χ1n) is 12.5. The standard InChI is InChI=1S/C28H30FN3O5/c1-35-28(34)26-17-20-16-23(5-7-25(20)37-26)32-12-10-31(11-13-32)9-3-2-8-30-27(33)21-14-19-15-22(29)4-6-24(19)36-18-21/h4-7,14-17H,2-3,8-13,18H2,1H3,(H,30,33). The van der Waals surface area contributed by atoms with Gasteiger partial charge in [-0.25, -0.2) is 9.18 Å². The fourth-order valence-corrected chi connectivity index (χ4v) is 4.71. The minimum Gasteiger partial charge on any atom is -0.488 e. The van der Waals surface area contributed by atoms with Gasteiger partial charge in [0, 0.05) is 49.4 Å². The maximum atomic E-state index is 13.5. The number of fused-ring (bicyclic) bond motifs is 2. The number of ether oxygens (including phenoxy) is 2. The first-order valence-corrected chi connectivity index (χ1v) is 12.5. The topological polar surface area (TPSA) is 84.2 Å². The van der Waals surface area contributed by atoms with E-state index in [0.29, 0.717) is 29.0 Å². The van der Waals surface area contributed by atoms with Crippen LogP contribution in [0.25, 0.3) is 17.0 Å². The van der Waals surface area contributed by atoms with Gasteiger partial charge in [0.25, 0.3) is 5.91 Å². The lowest BCUT2D eigenvalue weighted by Crippen LogP contribution is -2.46. The molecule has 0 aliphatic carbocycles. The summed E-state index contributed by atoms with van der Waals surface area (Å²) in [6.07, 6.45) is 3.56. The number of furan rings is 1. The molecule has 0 radical (unpaired) electrons. The number of unbranched alkanes of at least 4 members (excludes halogenated alkanes) is 1. The number of carbonyl (C=O) groups excluding carboxylic acids is 2. The van der Waals surface area contributed by atoms with Crippen LogP contribution in [0.5, 0.6) is 5.75 Å². The molecule has 2 aliphatic heterocycles. The highest BCUT2D eigenvalue weighted by Gasteiger charge is 2.20. The molecule has 9 heteroatoms. The van der Waals surface area contributed by atoms with Crippen LogP contribution in [0.2, 0.25) is 0 Å². The van der Waals surface area contributed by atoms with Gasteiger partial charge in [0.15, 0.2) is 0 Å². The summed E-state index contributed by atoms with van der Waals surface area (Å²) < 4.78 is 29.3. The molecule has 2 aliphatic rings. The number of nitrogens with zero attached hydrogens (tertiary/aromatic N) is 2. The summed E-state index contributed by atoms with van der Waals surface area (Å²) >= 11 is 0. The van der Waals surface area contributed by atoms with Crippen LogP contribution in [-0.4, -0.2) is 69.8 Å². The Labute approximate surface area is 214 Å². The lowest BCUT2D eigenvalue weighted by molar-refractivity contribution is -0.117. The van der Waals surface area contributed by atoms with E-state index in [1.165, 1.54) is 19.2 Å². The van der Waals surface area contributed by atoms with E-state index < -0.39 is 5.97 Å². The molecular formula is C28H30FN3O5. The van der Waals surface area contributed by atoms with E-state index in [1.807, 2.05) is 18.2 Å². The number of benzene rings is 2. The molecule has 0 spiro atoms. The zero-order valence-electron chi connectivity index (χ0n) is 20.8. The third-order valence-corrected chi connectivity index (χ3v) is 6.79. The van der Waals surface area contributed by atoms with Crippen LogP contribution in [0, 0.1) is 5.82 Å². The molecule has 1 aromatic heterocycles. The normalized spacial score (nSPS) is 15.6. The molecule has 0 unspecified atom stereocenters. The van der Waals surface area contributed by atoms with Crippen molar-refractivity contribution in [3.63, 3.8) is 0 Å². The number of amides is 1. The molecule has 1 saturated heterocycles. The highest BCUT2D eigenvalue weighted by atomic mass is 19.1. The molecule has 8 nitrogen and oxygen atoms in total. The molecule has 3 heterocycles. The van der Waals surface area contributed by atoms with Gasteiger partial charge in [-0.1, -0.05) is 0 Å². The SMILES string of the molecule is COC(=O)c1cc2cc(N3CCN(CCCCNC(=O)C4=Cc5cc(F)ccc5OC4)CC3)ccc2o1. The zero-order valence-corrected chi connectivity index (χ0v) is 20.8. The van der Waals surface area contributed by atoms with Crippen LogP contribution in [0.1, 0.15) is 29.0 Å². The van der Waals surface area contributed by atoms with Gasteiger partial charge in [-0.15, -0.1) is 0 Å². The second kappa shape index (κ2) is 11.0. The van der Waals surface area contributed by atoms with Crippen molar-refractivity contribution in [3.8, 4) is 5.75 Å². The Morgan fingerprint density at radius 1 is 1.05 bits per heavy atom. The molecule has 194 valence electrons. The number of methoxy groups -OCH3 is 1. The zero-order chi connectivity index (χ0) is 25.8. The van der Waals surface area contributed by atoms with E-state index in [1.54, 1.807) is 18.2 Å². The van der Waals surface area contributed by atoms with Crippen LogP contribution < -0.4 is 15.0 Å². The van der Waals surface area contributed by atoms with Gasteiger partial charge >= 0.3 is 5.97 Å². The number of hydrogen-bond acceptors (Lipinski definition) is 7. The number of halogens is 1. The van der Waals surface area contributed by atoms with Crippen LogP contribution >= 0.6 is 0 Å². The number of esters is 1. The Balaban J connectivity index is 1.03. The maximum Gasteiger partial charge on any atom is 0.373 e. The Bertz CT molecular complexity index is 1330. The first kappa shape index (κ1) is 24.8. The number of nitrogens with one attached hydrogen (secondary N) is 1. The van der Waals surface area contributed by atoms with Crippen LogP contribution in [-0.2, 0) is 9.53 Å². The Hall–Kier alpha value is -3.85. The molecule has 0 bridgehead atoms. The van der Waals surface area contributed by atoms with Gasteiger partial charge in [0.1, 0.15) is 23.8 Å². The summed E-state index contributed by atoms with van der Waals surface area (Å²) in [5, 5.41) is 3.83. The Morgan fingerprint density at radius 2 is 1.89 bits per heavy atom. The molecule has 3 aromatic rings. The Kier molecular flexibility index (Phi) is 7.41. The summed E-state index contributed by atoms with van der Waals surface area (Å²) in [6, 6.07) is 12.0. The largest absolute Gasteiger partial charge is 0.488 e. The summed E-state index contributed by atoms with van der Waals surface area (Å²) in [4.78, 5) is 29.0. The summed E-state index contributed by atoms with van der Waals surface area (Å²) in [5.41, 5.74) is 2.87. The van der Waals surface area contributed by atoms with Crippen LogP contribution in [0.3, 0.4) is 0 Å². The van der Waals surface area contributed by atoms with Crippen molar-refractivity contribution in [3.05, 3.63) is 65.2 Å². The van der Waals surface area contributed by atoms with Crippen molar-refractivity contribution in [2.45, 2.75) is 12.8 Å². The van der Waals surface area contributed by atoms with Crippen molar-refractivity contribution in [2.75, 3.05) is 57.9 Å². The van der Waals surface area contributed by atoms with E-state index in [9.17, 15) is 14.0 Å². The lowest BCUT2D eigenvalue weighted by atomic mass is 10.1. The minimum atomic E-state index is -0.478. The quantitative estimate of drug-likeness (QED) is 0.366. The van der Waals surface area contributed by atoms with Crippen molar-refractivity contribution in [2.24, 2.45) is 0 Å². The van der Waals surface area contributed by atoms with E-state index in [0.717, 1.165) is 56.6 Å². The van der Waals surface area contributed by atoms with Crippen molar-refractivity contribution in [1.82, 2.24) is 10.2 Å². The molecule has 2 aromatic carbocycles. The Morgan fingerprint density at radius 3 is 2.70 bits per heavy atom. The summed E-state index contributed by atoms with van der Waals surface area (Å²) in [5.74, 6) is -0.201. The second-order valence-electron chi connectivity index (χ2n) is 9.26. The number of hydrogen-bond donors (Lipinski definition) is 1. The molecular weight excluding hydrogens is 477 g/mol. The fourth-order valence-electron chi connectivity index (χ4n) is 4.71. The highest BCUT2D eigenvalue weighted by molar-refractivity contribution is 5.99. The smallest absolute Gasteiger partial charge is 0.373 e. The van der Waals surface area contributed by atoms with Crippen molar-refractivity contribution >= 4 is 34.6 Å². The van der Waals surface area contributed by atoms with Crippen molar-refractivity contribution in [1.29, 1.82) is 0 Å². The average molecular weight is 508 g/mol. The summed E-state index contributed by atoms with van der Waals surface area (Å²) in [7, 11) is 1.34. The molecule has 37 heavy (non-hydrogen) atoms. The predicted molar refractivity (Wildman–Crippen MR) is 138 cm³/mol. The number of anilines is 1. The molecule has 1 fully saturated rings. The highest BCUT2D eigenvalue weighted by Crippen LogP contribution is 2.28. The first-order chi connectivity index (χ1) is 18.0. The van der Waals surface area contributed by atoms with Gasteiger partial charge in [0.2, 0.25) is 5.76 Å². The number of carbonyl (C=O) groups is 2. The summed E-state index contributed by atoms with van der Waals surface area (Å²) in [6.45, 7) is 5.51. The third-order valence-electron chi connectivity index (χ3n) is 6.79. The molecule has 1 amide bonds. The second-order valence-corrected chi connectivity index (χ2v) is 9.26. The monoisotopic (exact) mass is 507 g/mol. The van der Waals surface area contributed by atoms with Crippen molar-refractivity contribution < 1.29 is 27.9 Å². The van der Waals surface area contributed by atoms with E-state index in [-0.39, 0.29) is 24.1 Å². The predicted octanol–water partition coefficient (Wildman–Crippen LogP) is 3.85. The van der Waals surface area contributed by atoms with Crippen LogP contribution in [0.4, 0.5) is 10.1 Å². The molecule has 0 atom stereocenters. The van der Waals surface area contributed by atoms with Gasteiger partial charge in [-0.3, -0.25) is 9.69 Å². The van der Waals surface area contributed by atoms with Gasteiger partial charge in [-0.05, 0) is 67.9 Å². The van der Waals surface area contributed by atoms with Crippen LogP contribution in [0.15, 0.2) is 52.5 Å². The number of rotatable bonds is 8. The molecule has 5 rings (SSSR count). The molecule has 1 N–H and O–H groups in total. The fraction of sp³-hybridized carbons (Fsp3) is 0.357. The van der Waals surface area contributed by atoms with E-state index in [4.69, 9.17) is 13.9 Å². The van der Waals surface area contributed by atoms with Gasteiger partial charge in [0.05, 0.1) is 12.7 Å². The van der Waals surface area contributed by atoms with E-state index >= 15 is 0 Å². The van der Waals surface area contributed by atoms with Gasteiger partial charge in [-0.2, -0.15) is 0 Å². The van der Waals surface area contributed by atoms with E-state index in [2.05, 4.69) is 15.1 Å². The average Bonchev–Trinajstić information content (AvgIpc) is 3.36. The van der Waals surface area contributed by atoms with Gasteiger partial charge < -0.3 is 24.1 Å². The lowest BCUT2D eigenvalue weighted by Gasteiger charge is -2.36.